The predicted octanol–water partition coefficient (Wildman–Crippen LogP) is 0.909. The Labute approximate surface area is 165 Å². The predicted molar refractivity (Wildman–Crippen MR) is 104 cm³/mol. The zero-order valence-corrected chi connectivity index (χ0v) is 16.5. The number of aliphatic hydroxyl groups is 1. The molecule has 4 heterocycles. The molecule has 8 nitrogen and oxygen atoms in total. The largest absolute Gasteiger partial charge is 0.383 e. The van der Waals surface area contributed by atoms with E-state index < -0.39 is 5.60 Å². The summed E-state index contributed by atoms with van der Waals surface area (Å²) in [5.74, 6) is 1.21. The molecule has 0 spiro atoms. The maximum atomic E-state index is 12.8. The van der Waals surface area contributed by atoms with Gasteiger partial charge in [0.25, 0.3) is 5.91 Å². The van der Waals surface area contributed by atoms with Gasteiger partial charge in [-0.2, -0.15) is 0 Å². The molecule has 152 valence electrons. The summed E-state index contributed by atoms with van der Waals surface area (Å²) in [5, 5.41) is 19.7. The topological polar surface area (TPSA) is 83.2 Å². The number of β-amino-alcohol motifs (C(OH)–C–C–N with tert-alkyl or cyclic N) is 1. The number of ether oxygens (including phenoxy) is 1. The van der Waals surface area contributed by atoms with Gasteiger partial charge in [0.15, 0.2) is 11.2 Å². The van der Waals surface area contributed by atoms with E-state index in [-0.39, 0.29) is 5.91 Å². The summed E-state index contributed by atoms with van der Waals surface area (Å²) in [4.78, 5) is 16.8. The molecule has 1 atom stereocenters. The summed E-state index contributed by atoms with van der Waals surface area (Å²) in [6.07, 6.45) is 5.27. The number of carbonyl (C=O) groups excluding carboxylic acids is 1. The minimum atomic E-state index is -1.28. The molecule has 1 N–H and O–H groups in total. The van der Waals surface area contributed by atoms with Gasteiger partial charge in [-0.1, -0.05) is 6.07 Å². The Morgan fingerprint density at radius 2 is 2.07 bits per heavy atom. The first-order chi connectivity index (χ1) is 13.6. The van der Waals surface area contributed by atoms with Crippen molar-refractivity contribution in [1.82, 2.24) is 24.4 Å². The van der Waals surface area contributed by atoms with Crippen LogP contribution in [-0.4, -0.2) is 87.5 Å². The van der Waals surface area contributed by atoms with Crippen LogP contribution in [0.4, 0.5) is 0 Å². The summed E-state index contributed by atoms with van der Waals surface area (Å²) < 4.78 is 7.15. The van der Waals surface area contributed by atoms with E-state index in [1.807, 2.05) is 24.4 Å². The quantitative estimate of drug-likeness (QED) is 0.793. The second-order valence-corrected chi connectivity index (χ2v) is 7.96. The summed E-state index contributed by atoms with van der Waals surface area (Å²) in [6.45, 7) is 3.84. The van der Waals surface area contributed by atoms with Crippen molar-refractivity contribution in [3.63, 3.8) is 0 Å². The van der Waals surface area contributed by atoms with Crippen LogP contribution in [0.15, 0.2) is 24.4 Å². The number of aromatic nitrogens is 3. The van der Waals surface area contributed by atoms with Gasteiger partial charge in [0.2, 0.25) is 0 Å². The van der Waals surface area contributed by atoms with Crippen molar-refractivity contribution >= 4 is 11.6 Å². The van der Waals surface area contributed by atoms with Gasteiger partial charge >= 0.3 is 0 Å². The molecule has 2 aliphatic heterocycles. The first-order valence-corrected chi connectivity index (χ1v) is 10.1. The molecule has 28 heavy (non-hydrogen) atoms. The molecule has 2 fully saturated rings. The van der Waals surface area contributed by atoms with Crippen LogP contribution in [0.2, 0.25) is 0 Å². The average Bonchev–Trinajstić information content (AvgIpc) is 3.14. The van der Waals surface area contributed by atoms with Crippen LogP contribution in [0.25, 0.3) is 5.65 Å². The van der Waals surface area contributed by atoms with Crippen LogP contribution < -0.4 is 0 Å². The van der Waals surface area contributed by atoms with Crippen molar-refractivity contribution in [2.24, 2.45) is 0 Å². The van der Waals surface area contributed by atoms with E-state index in [0.717, 1.165) is 43.8 Å². The van der Waals surface area contributed by atoms with E-state index in [1.165, 1.54) is 0 Å². The van der Waals surface area contributed by atoms with E-state index in [4.69, 9.17) is 4.74 Å². The third kappa shape index (κ3) is 3.76. The van der Waals surface area contributed by atoms with Gasteiger partial charge in [-0.05, 0) is 50.9 Å². The Balaban J connectivity index is 1.36. The number of piperidine rings is 2. The summed E-state index contributed by atoms with van der Waals surface area (Å²) in [6, 6.07) is 5.92. The molecule has 0 radical (unpaired) electrons. The lowest BCUT2D eigenvalue weighted by molar-refractivity contribution is -0.160. The van der Waals surface area contributed by atoms with Gasteiger partial charge in [0.1, 0.15) is 5.82 Å². The van der Waals surface area contributed by atoms with Crippen molar-refractivity contribution < 1.29 is 14.6 Å². The van der Waals surface area contributed by atoms with E-state index in [0.29, 0.717) is 38.6 Å². The number of likely N-dealkylation sites (tertiary alicyclic amines) is 2. The highest BCUT2D eigenvalue weighted by Crippen LogP contribution is 2.30. The van der Waals surface area contributed by atoms with Gasteiger partial charge in [0, 0.05) is 38.9 Å². The molecule has 8 heteroatoms. The van der Waals surface area contributed by atoms with Gasteiger partial charge in [-0.15, -0.1) is 10.2 Å². The second kappa shape index (κ2) is 8.14. The van der Waals surface area contributed by atoms with Gasteiger partial charge < -0.3 is 14.7 Å². The van der Waals surface area contributed by atoms with Crippen molar-refractivity contribution in [2.45, 2.75) is 37.2 Å². The number of amides is 1. The zero-order chi connectivity index (χ0) is 19.6. The van der Waals surface area contributed by atoms with Crippen LogP contribution in [0, 0.1) is 0 Å². The number of nitrogens with zero attached hydrogens (tertiary/aromatic N) is 5. The van der Waals surface area contributed by atoms with Crippen molar-refractivity contribution in [2.75, 3.05) is 46.4 Å². The Kier molecular flexibility index (Phi) is 5.61. The third-order valence-corrected chi connectivity index (χ3v) is 6.05. The standard InChI is InChI=1S/C20H29N5O3/c1-28-14-13-24-9-4-8-20(27,19(24)26)15-23-11-6-16(7-12-23)18-22-21-17-5-2-3-10-25(17)18/h2-3,5,10,16,27H,4,6-9,11-15H2,1H3/t20-/m0/s1. The Bertz CT molecular complexity index is 817. The molecule has 2 aliphatic rings. The third-order valence-electron chi connectivity index (χ3n) is 6.05. The number of hydrogen-bond acceptors (Lipinski definition) is 6. The Hall–Kier alpha value is -2.03. The monoisotopic (exact) mass is 387 g/mol. The van der Waals surface area contributed by atoms with Gasteiger partial charge in [-0.25, -0.2) is 0 Å². The number of fused-ring (bicyclic) bond motifs is 1. The van der Waals surface area contributed by atoms with Crippen molar-refractivity contribution in [3.05, 3.63) is 30.2 Å². The number of carbonyl (C=O) groups is 1. The lowest BCUT2D eigenvalue weighted by Gasteiger charge is -2.42. The highest BCUT2D eigenvalue weighted by Gasteiger charge is 2.43. The smallest absolute Gasteiger partial charge is 0.255 e. The maximum absolute atomic E-state index is 12.8. The molecule has 2 aromatic heterocycles. The summed E-state index contributed by atoms with van der Waals surface area (Å²) >= 11 is 0. The normalized spacial score (nSPS) is 24.9. The number of methoxy groups -OCH3 is 1. The van der Waals surface area contributed by atoms with Crippen molar-refractivity contribution in [3.8, 4) is 0 Å². The zero-order valence-electron chi connectivity index (χ0n) is 16.5. The fourth-order valence-electron chi connectivity index (χ4n) is 4.48. The van der Waals surface area contributed by atoms with Crippen LogP contribution in [0.5, 0.6) is 0 Å². The first-order valence-electron chi connectivity index (χ1n) is 10.1. The molecule has 0 saturated carbocycles. The SMILES string of the molecule is COCCN1CCC[C@](O)(CN2CCC(c3nnc4ccccn34)CC2)C1=O. The Morgan fingerprint density at radius 1 is 1.25 bits per heavy atom. The lowest BCUT2D eigenvalue weighted by Crippen LogP contribution is -2.59. The first kappa shape index (κ1) is 19.3. The Morgan fingerprint density at radius 3 is 2.86 bits per heavy atom. The average molecular weight is 387 g/mol. The van der Waals surface area contributed by atoms with Crippen LogP contribution >= 0.6 is 0 Å². The maximum Gasteiger partial charge on any atom is 0.255 e. The minimum absolute atomic E-state index is 0.152. The van der Waals surface area contributed by atoms with E-state index in [2.05, 4.69) is 19.5 Å². The van der Waals surface area contributed by atoms with Gasteiger partial charge in [0.05, 0.1) is 6.61 Å². The van der Waals surface area contributed by atoms with Crippen LogP contribution in [0.1, 0.15) is 37.4 Å². The molecule has 0 unspecified atom stereocenters. The number of pyridine rings is 1. The molecule has 0 aromatic carbocycles. The number of hydrogen-bond donors (Lipinski definition) is 1. The number of rotatable bonds is 6. The van der Waals surface area contributed by atoms with E-state index in [9.17, 15) is 9.90 Å². The molecule has 1 amide bonds. The highest BCUT2D eigenvalue weighted by molar-refractivity contribution is 5.86. The van der Waals surface area contributed by atoms with Crippen molar-refractivity contribution in [1.29, 1.82) is 0 Å². The van der Waals surface area contributed by atoms with Gasteiger partial charge in [-0.3, -0.25) is 14.1 Å². The molecule has 0 aliphatic carbocycles. The molecular formula is C20H29N5O3. The summed E-state index contributed by atoms with van der Waals surface area (Å²) in [7, 11) is 1.63. The van der Waals surface area contributed by atoms with E-state index in [1.54, 1.807) is 12.0 Å². The molecule has 2 saturated heterocycles. The van der Waals surface area contributed by atoms with Crippen LogP contribution in [0.3, 0.4) is 0 Å². The minimum Gasteiger partial charge on any atom is -0.383 e. The fraction of sp³-hybridized carbons (Fsp3) is 0.650. The fourth-order valence-corrected chi connectivity index (χ4v) is 4.48. The molecule has 2 aromatic rings. The van der Waals surface area contributed by atoms with Crippen LogP contribution in [-0.2, 0) is 9.53 Å². The molecular weight excluding hydrogens is 358 g/mol. The lowest BCUT2D eigenvalue weighted by atomic mass is 9.89. The molecule has 0 bridgehead atoms. The second-order valence-electron chi connectivity index (χ2n) is 7.96. The summed E-state index contributed by atoms with van der Waals surface area (Å²) in [5.41, 5.74) is -0.404. The van der Waals surface area contributed by atoms with E-state index >= 15 is 0 Å². The highest BCUT2D eigenvalue weighted by atomic mass is 16.5. The molecule has 4 rings (SSSR count).